The molecule has 5 heteroatoms. The quantitative estimate of drug-likeness (QED) is 0.913. The lowest BCUT2D eigenvalue weighted by atomic mass is 9.97. The van der Waals surface area contributed by atoms with Crippen LogP contribution in [-0.4, -0.2) is 34.3 Å². The summed E-state index contributed by atoms with van der Waals surface area (Å²) in [6, 6.07) is 0.575. The van der Waals surface area contributed by atoms with Gasteiger partial charge in [-0.3, -0.25) is 0 Å². The number of rotatable bonds is 5. The zero-order chi connectivity index (χ0) is 15.4. The van der Waals surface area contributed by atoms with Crippen LogP contribution in [0.3, 0.4) is 0 Å². The van der Waals surface area contributed by atoms with Crippen LogP contribution in [0.4, 0.5) is 5.82 Å². The molecular formula is C18H23N3OS. The van der Waals surface area contributed by atoms with Gasteiger partial charge >= 0.3 is 0 Å². The van der Waals surface area contributed by atoms with Crippen LogP contribution < -0.4 is 4.90 Å². The van der Waals surface area contributed by atoms with Gasteiger partial charge in [0.05, 0.1) is 12.0 Å². The van der Waals surface area contributed by atoms with Gasteiger partial charge in [0, 0.05) is 23.4 Å². The highest BCUT2D eigenvalue weighted by Gasteiger charge is 2.35. The Morgan fingerprint density at radius 3 is 2.65 bits per heavy atom. The SMILES string of the molecule is OCCN(c1nc(C2CC2)nc2sc3c(c12)CCCC3)C1CC1. The minimum atomic E-state index is 0.201. The van der Waals surface area contributed by atoms with E-state index >= 15 is 0 Å². The van der Waals surface area contributed by atoms with Crippen LogP contribution in [0.25, 0.3) is 10.2 Å². The Morgan fingerprint density at radius 1 is 1.09 bits per heavy atom. The third-order valence-corrected chi connectivity index (χ3v) is 6.54. The van der Waals surface area contributed by atoms with Gasteiger partial charge < -0.3 is 10.0 Å². The van der Waals surface area contributed by atoms with E-state index in [0.29, 0.717) is 18.5 Å². The first-order chi connectivity index (χ1) is 11.3. The van der Waals surface area contributed by atoms with Crippen LogP contribution in [-0.2, 0) is 12.8 Å². The second kappa shape index (κ2) is 5.42. The van der Waals surface area contributed by atoms with Crippen LogP contribution in [0.1, 0.15) is 60.7 Å². The van der Waals surface area contributed by atoms with E-state index in [2.05, 4.69) is 4.90 Å². The van der Waals surface area contributed by atoms with Crippen molar-refractivity contribution in [3.63, 3.8) is 0 Å². The van der Waals surface area contributed by atoms with E-state index < -0.39 is 0 Å². The van der Waals surface area contributed by atoms with Crippen molar-refractivity contribution in [2.24, 2.45) is 0 Å². The number of aryl methyl sites for hydroxylation is 2. The number of aliphatic hydroxyl groups excluding tert-OH is 1. The molecule has 122 valence electrons. The van der Waals surface area contributed by atoms with Crippen molar-refractivity contribution in [2.45, 2.75) is 63.3 Å². The summed E-state index contributed by atoms with van der Waals surface area (Å²) in [7, 11) is 0. The maximum Gasteiger partial charge on any atom is 0.141 e. The van der Waals surface area contributed by atoms with Crippen molar-refractivity contribution in [1.82, 2.24) is 9.97 Å². The van der Waals surface area contributed by atoms with Crippen molar-refractivity contribution in [2.75, 3.05) is 18.1 Å². The second-order valence-corrected chi connectivity index (χ2v) is 8.30. The van der Waals surface area contributed by atoms with E-state index in [1.165, 1.54) is 72.0 Å². The fourth-order valence-electron chi connectivity index (χ4n) is 3.84. The molecule has 3 aliphatic rings. The smallest absolute Gasteiger partial charge is 0.141 e. The predicted octanol–water partition coefficient (Wildman–Crippen LogP) is 3.41. The molecule has 0 aromatic carbocycles. The number of hydrogen-bond donors (Lipinski definition) is 1. The van der Waals surface area contributed by atoms with Crippen LogP contribution in [0.2, 0.25) is 0 Å². The van der Waals surface area contributed by atoms with Gasteiger partial charge in [-0.15, -0.1) is 11.3 Å². The lowest BCUT2D eigenvalue weighted by Crippen LogP contribution is -2.30. The molecule has 2 aromatic heterocycles. The maximum absolute atomic E-state index is 9.54. The summed E-state index contributed by atoms with van der Waals surface area (Å²) in [5, 5.41) is 10.9. The summed E-state index contributed by atoms with van der Waals surface area (Å²) in [6.45, 7) is 0.901. The highest BCUT2D eigenvalue weighted by Crippen LogP contribution is 2.45. The minimum absolute atomic E-state index is 0.201. The molecule has 1 N–H and O–H groups in total. The van der Waals surface area contributed by atoms with Crippen LogP contribution >= 0.6 is 11.3 Å². The lowest BCUT2D eigenvalue weighted by Gasteiger charge is -2.24. The highest BCUT2D eigenvalue weighted by molar-refractivity contribution is 7.19. The van der Waals surface area contributed by atoms with Gasteiger partial charge in [0.1, 0.15) is 16.5 Å². The largest absolute Gasteiger partial charge is 0.395 e. The molecule has 5 rings (SSSR count). The Morgan fingerprint density at radius 2 is 1.91 bits per heavy atom. The summed E-state index contributed by atoms with van der Waals surface area (Å²) in [5.41, 5.74) is 1.51. The number of anilines is 1. The second-order valence-electron chi connectivity index (χ2n) is 7.22. The molecule has 3 aliphatic carbocycles. The standard InChI is InChI=1S/C18H23N3OS/c22-10-9-21(12-7-8-12)17-15-13-3-1-2-4-14(13)23-18(15)20-16(19-17)11-5-6-11/h11-12,22H,1-10H2. The average Bonchev–Trinajstić information content (AvgIpc) is 3.47. The molecule has 0 radical (unpaired) electrons. The normalized spacial score (nSPS) is 20.7. The number of hydrogen-bond acceptors (Lipinski definition) is 5. The molecule has 0 aliphatic heterocycles. The Kier molecular flexibility index (Phi) is 3.34. The Bertz CT molecular complexity index is 748. The first-order valence-corrected chi connectivity index (χ1v) is 9.86. The average molecular weight is 329 g/mol. The molecule has 0 saturated heterocycles. The molecular weight excluding hydrogens is 306 g/mol. The Balaban J connectivity index is 1.71. The van der Waals surface area contributed by atoms with Crippen molar-refractivity contribution < 1.29 is 5.11 Å². The highest BCUT2D eigenvalue weighted by atomic mass is 32.1. The summed E-state index contributed by atoms with van der Waals surface area (Å²) >= 11 is 1.90. The topological polar surface area (TPSA) is 49.2 Å². The molecule has 0 atom stereocenters. The zero-order valence-corrected chi connectivity index (χ0v) is 14.2. The van der Waals surface area contributed by atoms with Gasteiger partial charge in [-0.1, -0.05) is 0 Å². The summed E-state index contributed by atoms with van der Waals surface area (Å²) < 4.78 is 0. The van der Waals surface area contributed by atoms with Gasteiger partial charge in [-0.25, -0.2) is 9.97 Å². The summed E-state index contributed by atoms with van der Waals surface area (Å²) in [5.74, 6) is 2.76. The molecule has 2 aromatic rings. The minimum Gasteiger partial charge on any atom is -0.395 e. The van der Waals surface area contributed by atoms with E-state index in [9.17, 15) is 5.11 Å². The monoisotopic (exact) mass is 329 g/mol. The fraction of sp³-hybridized carbons (Fsp3) is 0.667. The molecule has 0 spiro atoms. The maximum atomic E-state index is 9.54. The van der Waals surface area contributed by atoms with Crippen LogP contribution in [0, 0.1) is 0 Å². The third kappa shape index (κ3) is 2.45. The Labute approximate surface area is 140 Å². The van der Waals surface area contributed by atoms with Crippen LogP contribution in [0.5, 0.6) is 0 Å². The first kappa shape index (κ1) is 14.2. The van der Waals surface area contributed by atoms with E-state index in [4.69, 9.17) is 9.97 Å². The van der Waals surface area contributed by atoms with Crippen molar-refractivity contribution >= 4 is 27.4 Å². The van der Waals surface area contributed by atoms with Gasteiger partial charge in [-0.2, -0.15) is 0 Å². The van der Waals surface area contributed by atoms with Crippen LogP contribution in [0.15, 0.2) is 0 Å². The molecule has 0 bridgehead atoms. The predicted molar refractivity (Wildman–Crippen MR) is 93.5 cm³/mol. The van der Waals surface area contributed by atoms with Gasteiger partial charge in [0.25, 0.3) is 0 Å². The van der Waals surface area contributed by atoms with Crippen molar-refractivity contribution in [3.8, 4) is 0 Å². The molecule has 0 unspecified atom stereocenters. The number of nitrogens with zero attached hydrogens (tertiary/aromatic N) is 3. The van der Waals surface area contributed by atoms with Gasteiger partial charge in [-0.05, 0) is 56.9 Å². The molecule has 2 heterocycles. The van der Waals surface area contributed by atoms with E-state index in [0.717, 1.165) is 11.6 Å². The zero-order valence-electron chi connectivity index (χ0n) is 13.4. The fourth-order valence-corrected chi connectivity index (χ4v) is 5.10. The van der Waals surface area contributed by atoms with Gasteiger partial charge in [0.15, 0.2) is 0 Å². The molecule has 4 nitrogen and oxygen atoms in total. The van der Waals surface area contributed by atoms with Crippen molar-refractivity contribution in [3.05, 3.63) is 16.3 Å². The van der Waals surface area contributed by atoms with E-state index in [1.54, 1.807) is 0 Å². The number of thiophene rings is 1. The number of aliphatic hydroxyl groups is 1. The summed E-state index contributed by atoms with van der Waals surface area (Å²) in [4.78, 5) is 15.1. The number of aromatic nitrogens is 2. The molecule has 2 fully saturated rings. The molecule has 0 amide bonds. The molecule has 23 heavy (non-hydrogen) atoms. The number of fused-ring (bicyclic) bond motifs is 3. The Hall–Kier alpha value is -1.20. The van der Waals surface area contributed by atoms with E-state index in [-0.39, 0.29) is 6.61 Å². The lowest BCUT2D eigenvalue weighted by molar-refractivity contribution is 0.301. The summed E-state index contributed by atoms with van der Waals surface area (Å²) in [6.07, 6.45) is 9.91. The molecule has 2 saturated carbocycles. The van der Waals surface area contributed by atoms with Crippen molar-refractivity contribution in [1.29, 1.82) is 0 Å². The third-order valence-electron chi connectivity index (χ3n) is 5.36. The first-order valence-electron chi connectivity index (χ1n) is 9.05. The van der Waals surface area contributed by atoms with E-state index in [1.807, 2.05) is 11.3 Å². The van der Waals surface area contributed by atoms with Gasteiger partial charge in [0.2, 0.25) is 0 Å².